The molecule has 0 atom stereocenters. The zero-order chi connectivity index (χ0) is 26.3. The van der Waals surface area contributed by atoms with Crippen LogP contribution in [0.2, 0.25) is 0 Å². The van der Waals surface area contributed by atoms with Crippen molar-refractivity contribution < 1.29 is 0 Å². The molecule has 37 heavy (non-hydrogen) atoms. The largest absolute Gasteiger partial charge is 0.359 e. The van der Waals surface area contributed by atoms with Crippen molar-refractivity contribution in [3.8, 4) is 0 Å². The summed E-state index contributed by atoms with van der Waals surface area (Å²) in [7, 11) is 0. The summed E-state index contributed by atoms with van der Waals surface area (Å²) in [5, 5.41) is 2.39. The van der Waals surface area contributed by atoms with Crippen molar-refractivity contribution in [2.75, 3.05) is 0 Å². The van der Waals surface area contributed by atoms with E-state index < -0.39 is 0 Å². The zero-order valence-electron chi connectivity index (χ0n) is 23.5. The summed E-state index contributed by atoms with van der Waals surface area (Å²) >= 11 is 0. The topological polar surface area (TPSA) is 56.3 Å². The van der Waals surface area contributed by atoms with Gasteiger partial charge in [0.2, 0.25) is 0 Å². The van der Waals surface area contributed by atoms with Crippen LogP contribution in [0.4, 0.5) is 0 Å². The summed E-state index contributed by atoms with van der Waals surface area (Å²) in [5.41, 5.74) is 16.0. The molecule has 4 heteroatoms. The number of hydrogen-bond donors (Lipinski definition) is 2. The molecule has 0 aliphatic carbocycles. The first kappa shape index (κ1) is 25.3. The van der Waals surface area contributed by atoms with Gasteiger partial charge in [-0.25, -0.2) is 9.98 Å². The first-order chi connectivity index (χ1) is 18.0. The molecule has 5 heterocycles. The molecule has 3 aliphatic rings. The Kier molecular flexibility index (Phi) is 6.94. The lowest BCUT2D eigenvalue weighted by molar-refractivity contribution is 1.04. The standard InChI is InChI=1S/C33H40N4/c1-8-22-24(10-3)30-17-32-26(12-5)27(13-6)33(37-32)18-31-25(11-4)23(9-2)29(36-31)16-21-14-20(19(7)34-21)15-28(22)35-30/h14-18,34-35H,8-13H2,1-7H3. The number of allylic oxidation sites excluding steroid dienone is 5. The van der Waals surface area contributed by atoms with Gasteiger partial charge in [-0.05, 0) is 115 Å². The maximum atomic E-state index is 5.24. The number of nitrogens with zero attached hydrogens (tertiary/aromatic N) is 2. The molecular formula is C33H40N4. The van der Waals surface area contributed by atoms with E-state index in [0.717, 1.165) is 67.0 Å². The molecule has 2 aromatic rings. The Hall–Kier alpha value is -3.40. The fraction of sp³-hybridized carbons (Fsp3) is 0.394. The van der Waals surface area contributed by atoms with Gasteiger partial charge in [-0.15, -0.1) is 0 Å². The predicted molar refractivity (Wildman–Crippen MR) is 159 cm³/mol. The molecule has 0 aromatic carbocycles. The van der Waals surface area contributed by atoms with E-state index in [1.807, 2.05) is 0 Å². The van der Waals surface area contributed by atoms with E-state index in [2.05, 4.69) is 88.8 Å². The molecule has 0 spiro atoms. The SMILES string of the molecule is CCC1=C(CC)C2=NC1=Cc1cc(c(C)[nH]1)C=c1[nH]c(c(CC)c1CC)=CC1=NC(=C2)C(CC)=C1CC. The number of aliphatic imine (C=N–C) groups is 2. The lowest BCUT2D eigenvalue weighted by atomic mass is 9.96. The molecule has 5 rings (SSSR count). The first-order valence-corrected chi connectivity index (χ1v) is 14.1. The fourth-order valence-corrected chi connectivity index (χ4v) is 6.28. The lowest BCUT2D eigenvalue weighted by Gasteiger charge is -2.06. The van der Waals surface area contributed by atoms with Gasteiger partial charge in [0.1, 0.15) is 0 Å². The molecule has 0 radical (unpaired) electrons. The smallest absolute Gasteiger partial charge is 0.0694 e. The second-order valence-corrected chi connectivity index (χ2v) is 10.1. The second-order valence-electron chi connectivity index (χ2n) is 10.1. The molecule has 0 amide bonds. The quantitative estimate of drug-likeness (QED) is 0.447. The number of hydrogen-bond acceptors (Lipinski definition) is 2. The van der Waals surface area contributed by atoms with Gasteiger partial charge in [0.05, 0.1) is 22.8 Å². The molecule has 3 aliphatic heterocycles. The number of aryl methyl sites for hydroxylation is 1. The summed E-state index contributed by atoms with van der Waals surface area (Å²) in [6, 6.07) is 2.26. The van der Waals surface area contributed by atoms with Gasteiger partial charge in [0.15, 0.2) is 0 Å². The van der Waals surface area contributed by atoms with Crippen LogP contribution in [-0.2, 0) is 12.8 Å². The lowest BCUT2D eigenvalue weighted by Crippen LogP contribution is -2.15. The van der Waals surface area contributed by atoms with E-state index in [1.165, 1.54) is 55.4 Å². The highest BCUT2D eigenvalue weighted by molar-refractivity contribution is 6.24. The number of nitrogens with one attached hydrogen (secondary N) is 2. The Morgan fingerprint density at radius 1 is 0.568 bits per heavy atom. The summed E-state index contributed by atoms with van der Waals surface area (Å²) in [4.78, 5) is 17.8. The van der Waals surface area contributed by atoms with Crippen molar-refractivity contribution in [2.45, 2.75) is 87.0 Å². The van der Waals surface area contributed by atoms with Crippen LogP contribution >= 0.6 is 0 Å². The highest BCUT2D eigenvalue weighted by atomic mass is 14.8. The summed E-state index contributed by atoms with van der Waals surface area (Å²) in [5.74, 6) is 0. The zero-order valence-corrected chi connectivity index (χ0v) is 23.5. The highest BCUT2D eigenvalue weighted by Gasteiger charge is 2.25. The van der Waals surface area contributed by atoms with Crippen LogP contribution in [0, 0.1) is 6.92 Å². The van der Waals surface area contributed by atoms with Gasteiger partial charge in [0, 0.05) is 22.1 Å². The minimum Gasteiger partial charge on any atom is -0.359 e. The molecule has 2 N–H and O–H groups in total. The molecule has 8 bridgehead atoms. The monoisotopic (exact) mass is 492 g/mol. The molecule has 0 unspecified atom stereocenters. The Bertz CT molecular complexity index is 1570. The normalized spacial score (nSPS) is 16.9. The Morgan fingerprint density at radius 3 is 1.62 bits per heavy atom. The average Bonchev–Trinajstić information content (AvgIpc) is 3.60. The van der Waals surface area contributed by atoms with Crippen LogP contribution in [0.3, 0.4) is 0 Å². The van der Waals surface area contributed by atoms with E-state index in [1.54, 1.807) is 0 Å². The number of rotatable bonds is 6. The maximum Gasteiger partial charge on any atom is 0.0694 e. The van der Waals surface area contributed by atoms with Gasteiger partial charge < -0.3 is 9.97 Å². The van der Waals surface area contributed by atoms with Gasteiger partial charge in [-0.2, -0.15) is 0 Å². The van der Waals surface area contributed by atoms with Crippen LogP contribution < -0.4 is 10.7 Å². The van der Waals surface area contributed by atoms with Gasteiger partial charge in [0.25, 0.3) is 0 Å². The van der Waals surface area contributed by atoms with Crippen molar-refractivity contribution in [3.05, 3.63) is 84.6 Å². The highest BCUT2D eigenvalue weighted by Crippen LogP contribution is 2.36. The number of fused-ring (bicyclic) bond motifs is 6. The van der Waals surface area contributed by atoms with E-state index >= 15 is 0 Å². The van der Waals surface area contributed by atoms with Crippen LogP contribution in [0.25, 0.3) is 18.2 Å². The third kappa shape index (κ3) is 4.27. The first-order valence-electron chi connectivity index (χ1n) is 14.1. The molecule has 0 saturated heterocycles. The van der Waals surface area contributed by atoms with E-state index in [9.17, 15) is 0 Å². The summed E-state index contributed by atoms with van der Waals surface area (Å²) < 4.78 is 0. The van der Waals surface area contributed by atoms with Crippen molar-refractivity contribution >= 4 is 29.7 Å². The average molecular weight is 493 g/mol. The van der Waals surface area contributed by atoms with Crippen LogP contribution in [-0.4, -0.2) is 21.4 Å². The van der Waals surface area contributed by atoms with Gasteiger partial charge in [-0.1, -0.05) is 41.5 Å². The maximum absolute atomic E-state index is 5.24. The molecule has 0 fully saturated rings. The number of H-pyrrole nitrogens is 2. The van der Waals surface area contributed by atoms with E-state index in [0.29, 0.717) is 0 Å². The van der Waals surface area contributed by atoms with Crippen molar-refractivity contribution in [1.29, 1.82) is 0 Å². The predicted octanol–water partition coefficient (Wildman–Crippen LogP) is 6.77. The van der Waals surface area contributed by atoms with Gasteiger partial charge in [-0.3, -0.25) is 0 Å². The second kappa shape index (κ2) is 10.2. The number of aromatic nitrogens is 2. The third-order valence-corrected chi connectivity index (χ3v) is 8.07. The Balaban J connectivity index is 1.88. The Morgan fingerprint density at radius 2 is 1.08 bits per heavy atom. The van der Waals surface area contributed by atoms with Crippen molar-refractivity contribution in [3.63, 3.8) is 0 Å². The van der Waals surface area contributed by atoms with E-state index in [4.69, 9.17) is 9.98 Å². The summed E-state index contributed by atoms with van der Waals surface area (Å²) in [6.07, 6.45) is 14.9. The summed E-state index contributed by atoms with van der Waals surface area (Å²) in [6.45, 7) is 15.6. The molecule has 2 aromatic heterocycles. The number of aromatic amines is 2. The van der Waals surface area contributed by atoms with E-state index in [-0.39, 0.29) is 0 Å². The van der Waals surface area contributed by atoms with Crippen LogP contribution in [0.15, 0.2) is 55.8 Å². The molecule has 192 valence electrons. The van der Waals surface area contributed by atoms with Crippen LogP contribution in [0.5, 0.6) is 0 Å². The van der Waals surface area contributed by atoms with Crippen molar-refractivity contribution in [2.24, 2.45) is 9.98 Å². The fourth-order valence-electron chi connectivity index (χ4n) is 6.28. The molecular weight excluding hydrogens is 452 g/mol. The minimum atomic E-state index is 0.963. The van der Waals surface area contributed by atoms with Crippen LogP contribution in [0.1, 0.15) is 95.3 Å². The molecule has 4 nitrogen and oxygen atoms in total. The third-order valence-electron chi connectivity index (χ3n) is 8.07. The Labute approximate surface area is 221 Å². The molecule has 0 saturated carbocycles. The minimum absolute atomic E-state index is 0.963. The van der Waals surface area contributed by atoms with Crippen molar-refractivity contribution in [1.82, 2.24) is 9.97 Å². The van der Waals surface area contributed by atoms with Gasteiger partial charge >= 0.3 is 0 Å².